The highest BCUT2D eigenvalue weighted by Gasteiger charge is 2.12. The third-order valence-electron chi connectivity index (χ3n) is 3.45. The molecule has 3 nitrogen and oxygen atoms in total. The van der Waals surface area contributed by atoms with Gasteiger partial charge >= 0.3 is 0 Å². The van der Waals surface area contributed by atoms with E-state index in [0.29, 0.717) is 6.54 Å². The molecule has 1 aromatic rings. The fourth-order valence-corrected chi connectivity index (χ4v) is 2.21. The summed E-state index contributed by atoms with van der Waals surface area (Å²) in [4.78, 5) is 12.5. The summed E-state index contributed by atoms with van der Waals surface area (Å²) in [5.41, 5.74) is 4.97. The van der Waals surface area contributed by atoms with Crippen molar-refractivity contribution in [3.8, 4) is 5.75 Å². The topological polar surface area (TPSA) is 29.5 Å². The Morgan fingerprint density at radius 3 is 2.50 bits per heavy atom. The third-order valence-corrected chi connectivity index (χ3v) is 3.45. The largest absolute Gasteiger partial charge is 0.496 e. The molecule has 1 rings (SSSR count). The summed E-state index contributed by atoms with van der Waals surface area (Å²) in [5.74, 6) is 0.993. The van der Waals surface area contributed by atoms with Crippen LogP contribution in [-0.4, -0.2) is 38.4 Å². The Morgan fingerprint density at radius 1 is 1.28 bits per heavy atom. The Hall–Kier alpha value is -1.35. The van der Waals surface area contributed by atoms with Gasteiger partial charge in [-0.3, -0.25) is 4.90 Å². The normalized spacial score (nSPS) is 10.8. The van der Waals surface area contributed by atoms with E-state index in [1.807, 2.05) is 11.9 Å². The van der Waals surface area contributed by atoms with E-state index in [-0.39, 0.29) is 0 Å². The summed E-state index contributed by atoms with van der Waals surface area (Å²) < 4.78 is 5.54. The molecule has 0 spiro atoms. The van der Waals surface area contributed by atoms with Crippen LogP contribution in [0.25, 0.3) is 0 Å². The van der Waals surface area contributed by atoms with Crippen molar-refractivity contribution in [2.24, 2.45) is 0 Å². The molecule has 0 saturated carbocycles. The number of hydrogen-bond donors (Lipinski definition) is 0. The molecule has 0 aliphatic heterocycles. The Labute approximate surface area is 110 Å². The van der Waals surface area contributed by atoms with Crippen molar-refractivity contribution in [2.75, 3.05) is 27.2 Å². The summed E-state index contributed by atoms with van der Waals surface area (Å²) in [6.45, 7) is 7.65. The number of benzene rings is 1. The summed E-state index contributed by atoms with van der Waals surface area (Å²) >= 11 is 0. The second-order valence-electron chi connectivity index (χ2n) is 4.83. The molecule has 0 saturated heterocycles. The van der Waals surface area contributed by atoms with Crippen molar-refractivity contribution >= 4 is 6.29 Å². The van der Waals surface area contributed by atoms with Crippen LogP contribution in [-0.2, 0) is 11.2 Å². The van der Waals surface area contributed by atoms with Crippen LogP contribution in [0.4, 0.5) is 0 Å². The SMILES string of the molecule is COc1c(C)c(C)cc(C)c1CCN(C)CC=O. The van der Waals surface area contributed by atoms with Crippen LogP contribution < -0.4 is 4.74 Å². The summed E-state index contributed by atoms with van der Waals surface area (Å²) in [6, 6.07) is 2.20. The minimum absolute atomic E-state index is 0.478. The van der Waals surface area contributed by atoms with Gasteiger partial charge in [-0.2, -0.15) is 0 Å². The number of aryl methyl sites for hydroxylation is 2. The number of likely N-dealkylation sites (N-methyl/N-ethyl adjacent to an activating group) is 1. The molecule has 0 aliphatic rings. The number of nitrogens with zero attached hydrogens (tertiary/aromatic N) is 1. The fraction of sp³-hybridized carbons (Fsp3) is 0.533. The van der Waals surface area contributed by atoms with Gasteiger partial charge in [0.2, 0.25) is 0 Å². The van der Waals surface area contributed by atoms with E-state index < -0.39 is 0 Å². The molecule has 0 aromatic heterocycles. The summed E-state index contributed by atoms with van der Waals surface area (Å²) in [7, 11) is 3.68. The van der Waals surface area contributed by atoms with E-state index in [0.717, 1.165) is 25.0 Å². The number of rotatable bonds is 6. The van der Waals surface area contributed by atoms with Crippen LogP contribution in [0.1, 0.15) is 22.3 Å². The lowest BCUT2D eigenvalue weighted by atomic mass is 9.97. The molecule has 0 unspecified atom stereocenters. The van der Waals surface area contributed by atoms with E-state index in [9.17, 15) is 4.79 Å². The first-order valence-electron chi connectivity index (χ1n) is 6.27. The molecule has 0 bridgehead atoms. The zero-order chi connectivity index (χ0) is 13.7. The van der Waals surface area contributed by atoms with Crippen LogP contribution >= 0.6 is 0 Å². The Morgan fingerprint density at radius 2 is 1.94 bits per heavy atom. The lowest BCUT2D eigenvalue weighted by molar-refractivity contribution is -0.108. The van der Waals surface area contributed by atoms with Gasteiger partial charge in [-0.25, -0.2) is 0 Å². The van der Waals surface area contributed by atoms with Crippen LogP contribution in [0.2, 0.25) is 0 Å². The minimum atomic E-state index is 0.478. The van der Waals surface area contributed by atoms with Crippen molar-refractivity contribution < 1.29 is 9.53 Å². The first-order valence-corrected chi connectivity index (χ1v) is 6.27. The van der Waals surface area contributed by atoms with Gasteiger partial charge in [-0.15, -0.1) is 0 Å². The third kappa shape index (κ3) is 3.33. The number of carbonyl (C=O) groups is 1. The Balaban J connectivity index is 2.94. The first-order chi connectivity index (χ1) is 8.51. The number of methoxy groups -OCH3 is 1. The molecule has 1 aromatic carbocycles. The summed E-state index contributed by atoms with van der Waals surface area (Å²) in [6.07, 6.45) is 1.84. The van der Waals surface area contributed by atoms with Crippen LogP contribution in [0.3, 0.4) is 0 Å². The molecule has 0 N–H and O–H groups in total. The van der Waals surface area contributed by atoms with Crippen LogP contribution in [0.5, 0.6) is 5.75 Å². The quantitative estimate of drug-likeness (QED) is 0.724. The average Bonchev–Trinajstić information content (AvgIpc) is 2.32. The van der Waals surface area contributed by atoms with E-state index >= 15 is 0 Å². The van der Waals surface area contributed by atoms with Gasteiger partial charge in [0, 0.05) is 6.54 Å². The molecular formula is C15H23NO2. The van der Waals surface area contributed by atoms with E-state index in [1.54, 1.807) is 7.11 Å². The second-order valence-corrected chi connectivity index (χ2v) is 4.83. The van der Waals surface area contributed by atoms with Gasteiger partial charge in [0.15, 0.2) is 0 Å². The number of aldehydes is 1. The van der Waals surface area contributed by atoms with Gasteiger partial charge in [-0.1, -0.05) is 6.07 Å². The zero-order valence-corrected chi connectivity index (χ0v) is 12.0. The molecule has 0 fully saturated rings. The van der Waals surface area contributed by atoms with Crippen molar-refractivity contribution in [2.45, 2.75) is 27.2 Å². The monoisotopic (exact) mass is 249 g/mol. The number of carbonyl (C=O) groups excluding carboxylic acids is 1. The molecule has 0 aliphatic carbocycles. The van der Waals surface area contributed by atoms with Crippen molar-refractivity contribution in [3.63, 3.8) is 0 Å². The molecule has 0 heterocycles. The molecule has 3 heteroatoms. The van der Waals surface area contributed by atoms with Gasteiger partial charge in [0.1, 0.15) is 12.0 Å². The Kier molecular flexibility index (Phi) is 5.35. The molecule has 18 heavy (non-hydrogen) atoms. The zero-order valence-electron chi connectivity index (χ0n) is 12.0. The minimum Gasteiger partial charge on any atom is -0.496 e. The van der Waals surface area contributed by atoms with Gasteiger partial charge in [0.25, 0.3) is 0 Å². The number of ether oxygens (including phenoxy) is 1. The van der Waals surface area contributed by atoms with Gasteiger partial charge in [0.05, 0.1) is 13.7 Å². The van der Waals surface area contributed by atoms with E-state index in [2.05, 4.69) is 26.8 Å². The smallest absolute Gasteiger partial charge is 0.133 e. The molecule has 100 valence electrons. The van der Waals surface area contributed by atoms with Crippen molar-refractivity contribution in [3.05, 3.63) is 28.3 Å². The lowest BCUT2D eigenvalue weighted by Crippen LogP contribution is -2.23. The average molecular weight is 249 g/mol. The van der Waals surface area contributed by atoms with Crippen LogP contribution in [0, 0.1) is 20.8 Å². The van der Waals surface area contributed by atoms with Crippen molar-refractivity contribution in [1.82, 2.24) is 4.90 Å². The fourth-order valence-electron chi connectivity index (χ4n) is 2.21. The van der Waals surface area contributed by atoms with E-state index in [1.165, 1.54) is 22.3 Å². The van der Waals surface area contributed by atoms with Crippen LogP contribution in [0.15, 0.2) is 6.07 Å². The lowest BCUT2D eigenvalue weighted by Gasteiger charge is -2.19. The molecule has 0 radical (unpaired) electrons. The standard InChI is InChI=1S/C15H23NO2/c1-11-10-12(2)14(15(18-5)13(11)3)6-7-16(4)8-9-17/h9-10H,6-8H2,1-5H3. The molecule has 0 amide bonds. The summed E-state index contributed by atoms with van der Waals surface area (Å²) in [5, 5.41) is 0. The van der Waals surface area contributed by atoms with Gasteiger partial charge in [-0.05, 0) is 56.5 Å². The molecular weight excluding hydrogens is 226 g/mol. The predicted molar refractivity (Wildman–Crippen MR) is 74.5 cm³/mol. The first kappa shape index (κ1) is 14.7. The highest BCUT2D eigenvalue weighted by molar-refractivity contribution is 5.52. The highest BCUT2D eigenvalue weighted by Crippen LogP contribution is 2.29. The second kappa shape index (κ2) is 6.55. The molecule has 0 atom stereocenters. The van der Waals surface area contributed by atoms with Crippen molar-refractivity contribution in [1.29, 1.82) is 0 Å². The maximum Gasteiger partial charge on any atom is 0.133 e. The highest BCUT2D eigenvalue weighted by atomic mass is 16.5. The maximum atomic E-state index is 10.4. The Bertz CT molecular complexity index is 427. The number of hydrogen-bond acceptors (Lipinski definition) is 3. The predicted octanol–water partition coefficient (Wildman–Crippen LogP) is 2.29. The maximum absolute atomic E-state index is 10.4. The van der Waals surface area contributed by atoms with E-state index in [4.69, 9.17) is 4.74 Å². The van der Waals surface area contributed by atoms with Gasteiger partial charge < -0.3 is 9.53 Å².